The van der Waals surface area contributed by atoms with Gasteiger partial charge in [-0.15, -0.1) is 0 Å². The van der Waals surface area contributed by atoms with Gasteiger partial charge in [0.15, 0.2) is 0 Å². The third-order valence-corrected chi connectivity index (χ3v) is 3.24. The van der Waals surface area contributed by atoms with Crippen LogP contribution in [0, 0.1) is 11.8 Å². The average molecular weight is 205 g/mol. The lowest BCUT2D eigenvalue weighted by Crippen LogP contribution is -2.12. The van der Waals surface area contributed by atoms with E-state index in [0.717, 1.165) is 29.8 Å². The summed E-state index contributed by atoms with van der Waals surface area (Å²) in [7, 11) is 0. The highest BCUT2D eigenvalue weighted by Gasteiger charge is 2.20. The Hall–Kier alpha value is -1.25. The summed E-state index contributed by atoms with van der Waals surface area (Å²) in [5, 5.41) is 3.41. The predicted octanol–water partition coefficient (Wildman–Crippen LogP) is 2.51. The molecule has 2 unspecified atom stereocenters. The Balaban J connectivity index is 1.86. The van der Waals surface area contributed by atoms with Gasteiger partial charge in [-0.3, -0.25) is 4.98 Å². The second kappa shape index (κ2) is 4.51. The third kappa shape index (κ3) is 2.61. The number of nitrogens with one attached hydrogen (secondary N) is 1. The fraction of sp³-hybridized carbons (Fsp3) is 0.583. The molecule has 0 bridgehead atoms. The van der Waals surface area contributed by atoms with Crippen LogP contribution in [0.15, 0.2) is 18.5 Å². The summed E-state index contributed by atoms with van der Waals surface area (Å²) >= 11 is 0. The van der Waals surface area contributed by atoms with E-state index in [2.05, 4.69) is 17.2 Å². The monoisotopic (exact) mass is 205 g/mol. The van der Waals surface area contributed by atoms with E-state index in [1.165, 1.54) is 19.3 Å². The normalized spacial score (nSPS) is 25.4. The zero-order chi connectivity index (χ0) is 10.7. The Morgan fingerprint density at radius 2 is 2.40 bits per heavy atom. The van der Waals surface area contributed by atoms with E-state index in [1.807, 2.05) is 6.07 Å². The van der Waals surface area contributed by atoms with Crippen molar-refractivity contribution < 1.29 is 0 Å². The molecular formula is C12H19N3. The summed E-state index contributed by atoms with van der Waals surface area (Å²) in [5.74, 6) is 1.71. The molecule has 1 fully saturated rings. The van der Waals surface area contributed by atoms with Gasteiger partial charge in [-0.2, -0.15) is 0 Å². The number of nitrogens with zero attached hydrogens (tertiary/aromatic N) is 1. The standard InChI is InChI=1S/C12H19N3/c1-9-2-3-10(6-9)7-15-12-4-5-14-8-11(12)13/h4-5,8-10H,2-3,6-7,13H2,1H3,(H,14,15). The van der Waals surface area contributed by atoms with Gasteiger partial charge in [-0.1, -0.05) is 13.3 Å². The summed E-state index contributed by atoms with van der Waals surface area (Å²) < 4.78 is 0. The smallest absolute Gasteiger partial charge is 0.0736 e. The van der Waals surface area contributed by atoms with E-state index < -0.39 is 0 Å². The molecule has 82 valence electrons. The second-order valence-corrected chi connectivity index (χ2v) is 4.63. The Kier molecular flexibility index (Phi) is 3.09. The van der Waals surface area contributed by atoms with E-state index in [0.29, 0.717) is 0 Å². The highest BCUT2D eigenvalue weighted by atomic mass is 14.9. The predicted molar refractivity (Wildman–Crippen MR) is 63.6 cm³/mol. The van der Waals surface area contributed by atoms with Crippen LogP contribution in [0.2, 0.25) is 0 Å². The summed E-state index contributed by atoms with van der Waals surface area (Å²) in [6.45, 7) is 3.37. The number of rotatable bonds is 3. The Labute approximate surface area is 91.1 Å². The van der Waals surface area contributed by atoms with E-state index >= 15 is 0 Å². The van der Waals surface area contributed by atoms with Crippen LogP contribution in [0.5, 0.6) is 0 Å². The Morgan fingerprint density at radius 1 is 1.53 bits per heavy atom. The minimum Gasteiger partial charge on any atom is -0.396 e. The lowest BCUT2D eigenvalue weighted by atomic mass is 10.1. The van der Waals surface area contributed by atoms with Crippen LogP contribution in [0.4, 0.5) is 11.4 Å². The van der Waals surface area contributed by atoms with Crippen molar-refractivity contribution in [3.05, 3.63) is 18.5 Å². The number of pyridine rings is 1. The SMILES string of the molecule is CC1CCC(CNc2ccncc2N)C1. The van der Waals surface area contributed by atoms with Gasteiger partial charge >= 0.3 is 0 Å². The Bertz CT molecular complexity index is 324. The van der Waals surface area contributed by atoms with E-state index in [4.69, 9.17) is 5.73 Å². The van der Waals surface area contributed by atoms with Gasteiger partial charge in [0, 0.05) is 12.7 Å². The highest BCUT2D eigenvalue weighted by molar-refractivity contribution is 5.64. The molecule has 0 amide bonds. The minimum absolute atomic E-state index is 0.739. The van der Waals surface area contributed by atoms with Crippen molar-refractivity contribution in [3.8, 4) is 0 Å². The van der Waals surface area contributed by atoms with Crippen LogP contribution in [0.25, 0.3) is 0 Å². The molecule has 1 aromatic heterocycles. The molecule has 2 rings (SSSR count). The molecule has 3 heteroatoms. The number of hydrogen-bond acceptors (Lipinski definition) is 3. The zero-order valence-corrected chi connectivity index (χ0v) is 9.24. The van der Waals surface area contributed by atoms with Gasteiger partial charge in [0.1, 0.15) is 0 Å². The van der Waals surface area contributed by atoms with Crippen molar-refractivity contribution in [3.63, 3.8) is 0 Å². The first-order valence-electron chi connectivity index (χ1n) is 5.69. The number of anilines is 2. The molecule has 0 saturated heterocycles. The van der Waals surface area contributed by atoms with Gasteiger partial charge < -0.3 is 11.1 Å². The highest BCUT2D eigenvalue weighted by Crippen LogP contribution is 2.30. The molecule has 1 aliphatic carbocycles. The van der Waals surface area contributed by atoms with Crippen molar-refractivity contribution in [2.45, 2.75) is 26.2 Å². The fourth-order valence-corrected chi connectivity index (χ4v) is 2.33. The molecule has 1 aliphatic rings. The molecule has 15 heavy (non-hydrogen) atoms. The first kappa shape index (κ1) is 10.3. The molecule has 1 heterocycles. The molecule has 0 radical (unpaired) electrons. The molecule has 0 aliphatic heterocycles. The van der Waals surface area contributed by atoms with Crippen molar-refractivity contribution in [2.75, 3.05) is 17.6 Å². The summed E-state index contributed by atoms with van der Waals surface area (Å²) in [5.41, 5.74) is 7.57. The fourth-order valence-electron chi connectivity index (χ4n) is 2.33. The van der Waals surface area contributed by atoms with E-state index in [1.54, 1.807) is 12.4 Å². The molecular weight excluding hydrogens is 186 g/mol. The van der Waals surface area contributed by atoms with Crippen molar-refractivity contribution in [1.29, 1.82) is 0 Å². The van der Waals surface area contributed by atoms with Crippen LogP contribution in [0.3, 0.4) is 0 Å². The number of nitrogens with two attached hydrogens (primary N) is 1. The van der Waals surface area contributed by atoms with Crippen LogP contribution in [0.1, 0.15) is 26.2 Å². The van der Waals surface area contributed by atoms with Crippen molar-refractivity contribution >= 4 is 11.4 Å². The first-order valence-corrected chi connectivity index (χ1v) is 5.69. The largest absolute Gasteiger partial charge is 0.396 e. The quantitative estimate of drug-likeness (QED) is 0.797. The lowest BCUT2D eigenvalue weighted by Gasteiger charge is -2.13. The average Bonchev–Trinajstić information content (AvgIpc) is 2.63. The third-order valence-electron chi connectivity index (χ3n) is 3.24. The van der Waals surface area contributed by atoms with Gasteiger partial charge in [0.05, 0.1) is 17.6 Å². The van der Waals surface area contributed by atoms with Crippen LogP contribution in [-0.2, 0) is 0 Å². The first-order chi connectivity index (χ1) is 7.25. The maximum absolute atomic E-state index is 5.81. The number of aromatic nitrogens is 1. The molecule has 1 saturated carbocycles. The molecule has 0 aromatic carbocycles. The van der Waals surface area contributed by atoms with Gasteiger partial charge in [0.25, 0.3) is 0 Å². The molecule has 3 N–H and O–H groups in total. The van der Waals surface area contributed by atoms with Crippen molar-refractivity contribution in [1.82, 2.24) is 4.98 Å². The molecule has 2 atom stereocenters. The van der Waals surface area contributed by atoms with Crippen molar-refractivity contribution in [2.24, 2.45) is 11.8 Å². The Morgan fingerprint density at radius 3 is 3.07 bits per heavy atom. The summed E-state index contributed by atoms with van der Waals surface area (Å²) in [6, 6.07) is 1.94. The molecule has 0 spiro atoms. The summed E-state index contributed by atoms with van der Waals surface area (Å²) in [6.07, 6.45) is 7.53. The van der Waals surface area contributed by atoms with Gasteiger partial charge in [-0.25, -0.2) is 0 Å². The minimum atomic E-state index is 0.739. The maximum atomic E-state index is 5.81. The van der Waals surface area contributed by atoms with Gasteiger partial charge in [-0.05, 0) is 30.7 Å². The maximum Gasteiger partial charge on any atom is 0.0736 e. The lowest BCUT2D eigenvalue weighted by molar-refractivity contribution is 0.537. The zero-order valence-electron chi connectivity index (χ0n) is 9.24. The number of hydrogen-bond donors (Lipinski definition) is 2. The second-order valence-electron chi connectivity index (χ2n) is 4.63. The summed E-state index contributed by atoms with van der Waals surface area (Å²) in [4.78, 5) is 3.97. The molecule has 3 nitrogen and oxygen atoms in total. The van der Waals surface area contributed by atoms with E-state index in [-0.39, 0.29) is 0 Å². The van der Waals surface area contributed by atoms with Crippen LogP contribution >= 0.6 is 0 Å². The molecule has 1 aromatic rings. The van der Waals surface area contributed by atoms with E-state index in [9.17, 15) is 0 Å². The van der Waals surface area contributed by atoms with Crippen LogP contribution in [-0.4, -0.2) is 11.5 Å². The number of nitrogen functional groups attached to an aromatic ring is 1. The topological polar surface area (TPSA) is 50.9 Å². The van der Waals surface area contributed by atoms with Gasteiger partial charge in [0.2, 0.25) is 0 Å². The van der Waals surface area contributed by atoms with Crippen LogP contribution < -0.4 is 11.1 Å².